The maximum atomic E-state index is 13.4. The second-order valence-electron chi connectivity index (χ2n) is 9.94. The van der Waals surface area contributed by atoms with Crippen LogP contribution in [0.5, 0.6) is 0 Å². The van der Waals surface area contributed by atoms with E-state index in [2.05, 4.69) is 15.7 Å². The Balaban J connectivity index is 1.43. The van der Waals surface area contributed by atoms with Crippen molar-refractivity contribution < 1.29 is 18.0 Å². The molecule has 0 spiro atoms. The molecule has 3 aromatic carbocycles. The summed E-state index contributed by atoms with van der Waals surface area (Å²) in [7, 11) is 0. The highest BCUT2D eigenvalue weighted by Crippen LogP contribution is 2.34. The molecule has 1 amide bonds. The van der Waals surface area contributed by atoms with Crippen LogP contribution in [0, 0.1) is 12.8 Å². The molecule has 1 aromatic heterocycles. The van der Waals surface area contributed by atoms with Crippen LogP contribution in [0.4, 0.5) is 18.9 Å². The Morgan fingerprint density at radius 3 is 2.46 bits per heavy atom. The van der Waals surface area contributed by atoms with Crippen molar-refractivity contribution in [1.29, 1.82) is 0 Å². The number of aryl methyl sites for hydroxylation is 1. The molecule has 6 nitrogen and oxygen atoms in total. The normalized spacial score (nSPS) is 14.3. The molecule has 1 saturated carbocycles. The number of nitrogens with one attached hydrogen (secondary N) is 2. The van der Waals surface area contributed by atoms with Gasteiger partial charge in [-0.1, -0.05) is 36.4 Å². The van der Waals surface area contributed by atoms with Gasteiger partial charge in [0.1, 0.15) is 5.69 Å². The van der Waals surface area contributed by atoms with Crippen molar-refractivity contribution in [2.45, 2.75) is 38.5 Å². The van der Waals surface area contributed by atoms with Crippen LogP contribution in [0.25, 0.3) is 5.69 Å². The van der Waals surface area contributed by atoms with Crippen LogP contribution >= 0.6 is 0 Å². The van der Waals surface area contributed by atoms with Crippen molar-refractivity contribution in [1.82, 2.24) is 15.1 Å². The highest BCUT2D eigenvalue weighted by Gasteiger charge is 2.31. The molecular weight excluding hydrogens is 503 g/mol. The van der Waals surface area contributed by atoms with E-state index in [1.165, 1.54) is 12.1 Å². The highest BCUT2D eigenvalue weighted by atomic mass is 19.4. The summed E-state index contributed by atoms with van der Waals surface area (Å²) in [5.74, 6) is 0.176. The molecule has 202 valence electrons. The number of rotatable bonds is 9. The molecule has 1 atom stereocenters. The molecule has 0 radical (unpaired) electrons. The van der Waals surface area contributed by atoms with Crippen LogP contribution in [0.15, 0.2) is 78.9 Å². The Labute approximate surface area is 225 Å². The minimum Gasteiger partial charge on any atom is -0.326 e. The van der Waals surface area contributed by atoms with Crippen molar-refractivity contribution in [3.05, 3.63) is 113 Å². The first-order chi connectivity index (χ1) is 18.7. The van der Waals surface area contributed by atoms with Gasteiger partial charge in [0.15, 0.2) is 0 Å². The third-order valence-corrected chi connectivity index (χ3v) is 6.79. The van der Waals surface area contributed by atoms with Gasteiger partial charge >= 0.3 is 6.18 Å². The number of alkyl halides is 3. The summed E-state index contributed by atoms with van der Waals surface area (Å²) >= 11 is 0. The average molecular weight is 534 g/mol. The van der Waals surface area contributed by atoms with Crippen LogP contribution in [0.1, 0.15) is 57.3 Å². The number of carbonyl (C=O) groups is 1. The van der Waals surface area contributed by atoms with Gasteiger partial charge in [0.2, 0.25) is 0 Å². The fourth-order valence-electron chi connectivity index (χ4n) is 4.59. The number of halogens is 3. The third kappa shape index (κ3) is 6.38. The van der Waals surface area contributed by atoms with E-state index >= 15 is 0 Å². The first-order valence-corrected chi connectivity index (χ1v) is 12.9. The lowest BCUT2D eigenvalue weighted by molar-refractivity contribution is -0.137. The van der Waals surface area contributed by atoms with Gasteiger partial charge < -0.3 is 16.4 Å². The lowest BCUT2D eigenvalue weighted by atomic mass is 9.96. The fourth-order valence-corrected chi connectivity index (χ4v) is 4.59. The number of nitrogens with two attached hydrogens (primary N) is 1. The molecule has 1 heterocycles. The largest absolute Gasteiger partial charge is 0.416 e. The van der Waals surface area contributed by atoms with Crippen molar-refractivity contribution >= 4 is 11.6 Å². The van der Waals surface area contributed by atoms with E-state index in [-0.39, 0.29) is 5.91 Å². The summed E-state index contributed by atoms with van der Waals surface area (Å²) in [6, 6.07) is 21.3. The Hall–Kier alpha value is -3.95. The van der Waals surface area contributed by atoms with Gasteiger partial charge in [0, 0.05) is 12.2 Å². The number of benzene rings is 3. The Bertz CT molecular complexity index is 1480. The molecule has 5 rings (SSSR count). The zero-order valence-electron chi connectivity index (χ0n) is 21.5. The first-order valence-electron chi connectivity index (χ1n) is 12.9. The molecule has 1 aliphatic rings. The number of nitrogens with zero attached hydrogens (tertiary/aromatic N) is 2. The second kappa shape index (κ2) is 11.0. The van der Waals surface area contributed by atoms with Crippen molar-refractivity contribution in [3.8, 4) is 5.69 Å². The smallest absolute Gasteiger partial charge is 0.326 e. The predicted octanol–water partition coefficient (Wildman–Crippen LogP) is 6.00. The molecule has 1 fully saturated rings. The van der Waals surface area contributed by atoms with E-state index in [1.54, 1.807) is 35.0 Å². The molecule has 4 aromatic rings. The summed E-state index contributed by atoms with van der Waals surface area (Å²) in [6.07, 6.45) is -2.21. The van der Waals surface area contributed by atoms with E-state index in [0.29, 0.717) is 41.6 Å². The van der Waals surface area contributed by atoms with Crippen molar-refractivity contribution in [2.75, 3.05) is 11.9 Å². The Kier molecular flexibility index (Phi) is 7.54. The average Bonchev–Trinajstić information content (AvgIpc) is 3.67. The van der Waals surface area contributed by atoms with Gasteiger partial charge in [-0.3, -0.25) is 4.79 Å². The van der Waals surface area contributed by atoms with Gasteiger partial charge in [-0.05, 0) is 91.4 Å². The summed E-state index contributed by atoms with van der Waals surface area (Å²) in [5.41, 5.74) is 9.57. The number of anilines is 1. The van der Waals surface area contributed by atoms with Crippen molar-refractivity contribution in [3.63, 3.8) is 0 Å². The topological polar surface area (TPSA) is 85.0 Å². The monoisotopic (exact) mass is 533 g/mol. The number of hydrogen-bond acceptors (Lipinski definition) is 4. The molecule has 39 heavy (non-hydrogen) atoms. The number of amides is 1. The van der Waals surface area contributed by atoms with Crippen LogP contribution in [-0.2, 0) is 12.7 Å². The third-order valence-electron chi connectivity index (χ3n) is 6.79. The highest BCUT2D eigenvalue weighted by molar-refractivity contribution is 6.03. The first kappa shape index (κ1) is 26.6. The maximum Gasteiger partial charge on any atom is 0.416 e. The van der Waals surface area contributed by atoms with Crippen LogP contribution in [0.3, 0.4) is 0 Å². The van der Waals surface area contributed by atoms with Gasteiger partial charge in [-0.2, -0.15) is 18.3 Å². The van der Waals surface area contributed by atoms with E-state index in [9.17, 15) is 18.0 Å². The van der Waals surface area contributed by atoms with Gasteiger partial charge in [0.05, 0.1) is 23.0 Å². The van der Waals surface area contributed by atoms with Gasteiger partial charge in [0.25, 0.3) is 5.91 Å². The molecule has 9 heteroatoms. The fraction of sp³-hybridized carbons (Fsp3) is 0.267. The standard InChI is InChI=1S/C30H30F3N5O/c1-19-13-27(38(37-19)26-10-2-5-21(14-26)17-34)29(39)36-25-9-4-7-23(16-25)28(35-18-20-11-12-20)22-6-3-8-24(15-22)30(31,32)33/h2-10,13-16,20,28,35H,11-12,17-18,34H2,1H3,(H,36,39). The van der Waals surface area contributed by atoms with Crippen LogP contribution < -0.4 is 16.4 Å². The van der Waals surface area contributed by atoms with Gasteiger partial charge in [-0.15, -0.1) is 0 Å². The zero-order chi connectivity index (χ0) is 27.6. The van der Waals surface area contributed by atoms with Gasteiger partial charge in [-0.25, -0.2) is 4.68 Å². The molecule has 1 aliphatic carbocycles. The molecule has 1 unspecified atom stereocenters. The summed E-state index contributed by atoms with van der Waals surface area (Å²) in [5, 5.41) is 10.9. The summed E-state index contributed by atoms with van der Waals surface area (Å²) in [6.45, 7) is 2.88. The minimum atomic E-state index is -4.43. The predicted molar refractivity (Wildman–Crippen MR) is 145 cm³/mol. The molecule has 0 saturated heterocycles. The molecular formula is C30H30F3N5O. The number of hydrogen-bond donors (Lipinski definition) is 3. The van der Waals surface area contributed by atoms with Crippen molar-refractivity contribution in [2.24, 2.45) is 11.7 Å². The van der Waals surface area contributed by atoms with E-state index in [0.717, 1.165) is 35.7 Å². The number of aromatic nitrogens is 2. The summed E-state index contributed by atoms with van der Waals surface area (Å²) < 4.78 is 41.9. The van der Waals surface area contributed by atoms with E-state index in [1.807, 2.05) is 37.3 Å². The maximum absolute atomic E-state index is 13.4. The second-order valence-corrected chi connectivity index (χ2v) is 9.94. The minimum absolute atomic E-state index is 0.354. The Morgan fingerprint density at radius 1 is 1.03 bits per heavy atom. The Morgan fingerprint density at radius 2 is 1.74 bits per heavy atom. The van der Waals surface area contributed by atoms with Crippen LogP contribution in [0.2, 0.25) is 0 Å². The SMILES string of the molecule is Cc1cc(C(=O)Nc2cccc(C(NCC3CC3)c3cccc(C(F)(F)F)c3)c2)n(-c2cccc(CN)c2)n1. The lowest BCUT2D eigenvalue weighted by Crippen LogP contribution is -2.25. The van der Waals surface area contributed by atoms with Crippen LogP contribution in [-0.4, -0.2) is 22.2 Å². The molecule has 0 bridgehead atoms. The summed E-state index contributed by atoms with van der Waals surface area (Å²) in [4.78, 5) is 13.4. The molecule has 0 aliphatic heterocycles. The quantitative estimate of drug-likeness (QED) is 0.246. The van der Waals surface area contributed by atoms with E-state index in [4.69, 9.17) is 5.73 Å². The van der Waals surface area contributed by atoms with E-state index < -0.39 is 17.8 Å². The zero-order valence-corrected chi connectivity index (χ0v) is 21.5. The molecule has 4 N–H and O–H groups in total. The lowest BCUT2D eigenvalue weighted by Gasteiger charge is -2.22. The number of carbonyl (C=O) groups excluding carboxylic acids is 1.